The molecule has 0 unspecified atom stereocenters. The lowest BCUT2D eigenvalue weighted by atomic mass is 10.2. The quantitative estimate of drug-likeness (QED) is 0.142. The van der Waals surface area contributed by atoms with Crippen LogP contribution in [0.15, 0.2) is 0 Å². The molecule has 0 atom stereocenters. The fourth-order valence-corrected chi connectivity index (χ4v) is 7.85. The summed E-state index contributed by atoms with van der Waals surface area (Å²) in [5.74, 6) is 0. The minimum absolute atomic E-state index is 0.777. The topological polar surface area (TPSA) is 28.2 Å². The average molecular weight is 488 g/mol. The molecule has 5 nitrogen and oxygen atoms in total. The molecule has 6 heteroatoms. The zero-order chi connectivity index (χ0) is 24.8. The molecular formula is C27H61N3O2Si. The Morgan fingerprint density at radius 2 is 0.788 bits per heavy atom. The fourth-order valence-electron chi connectivity index (χ4n) is 4.97. The van der Waals surface area contributed by atoms with E-state index in [2.05, 4.69) is 63.2 Å². The maximum absolute atomic E-state index is 6.22. The molecule has 0 N–H and O–H groups in total. The molecule has 0 heterocycles. The SMILES string of the molecule is CCCN(CCC)CCCN(CCCN(CCC)CCC)CCC[Si](CC)(OCC)OCC. The summed E-state index contributed by atoms with van der Waals surface area (Å²) >= 11 is 0. The Morgan fingerprint density at radius 3 is 1.09 bits per heavy atom. The smallest absolute Gasteiger partial charge is 0.337 e. The van der Waals surface area contributed by atoms with Crippen molar-refractivity contribution in [3.05, 3.63) is 0 Å². The highest BCUT2D eigenvalue weighted by Gasteiger charge is 2.34. The van der Waals surface area contributed by atoms with Crippen LogP contribution in [0.2, 0.25) is 12.1 Å². The van der Waals surface area contributed by atoms with Crippen LogP contribution in [0, 0.1) is 0 Å². The number of rotatable bonds is 25. The molecule has 200 valence electrons. The van der Waals surface area contributed by atoms with Gasteiger partial charge >= 0.3 is 8.56 Å². The van der Waals surface area contributed by atoms with Gasteiger partial charge < -0.3 is 23.6 Å². The Balaban J connectivity index is 4.82. The summed E-state index contributed by atoms with van der Waals surface area (Å²) in [6, 6.07) is 2.18. The van der Waals surface area contributed by atoms with Crippen LogP contribution in [-0.2, 0) is 8.85 Å². The first-order chi connectivity index (χ1) is 16.0. The van der Waals surface area contributed by atoms with Crippen LogP contribution >= 0.6 is 0 Å². The number of hydrogen-bond donors (Lipinski definition) is 0. The first-order valence-corrected chi connectivity index (χ1v) is 16.7. The molecular weight excluding hydrogens is 426 g/mol. The molecule has 0 rings (SSSR count). The van der Waals surface area contributed by atoms with E-state index >= 15 is 0 Å². The Bertz CT molecular complexity index is 375. The van der Waals surface area contributed by atoms with E-state index in [4.69, 9.17) is 8.85 Å². The monoisotopic (exact) mass is 487 g/mol. The van der Waals surface area contributed by atoms with Crippen LogP contribution in [-0.4, -0.2) is 95.4 Å². The second kappa shape index (κ2) is 22.5. The van der Waals surface area contributed by atoms with Crippen molar-refractivity contribution in [3.63, 3.8) is 0 Å². The van der Waals surface area contributed by atoms with E-state index in [-0.39, 0.29) is 0 Å². The molecule has 33 heavy (non-hydrogen) atoms. The molecule has 0 saturated carbocycles. The van der Waals surface area contributed by atoms with Gasteiger partial charge in [-0.25, -0.2) is 0 Å². The highest BCUT2D eigenvalue weighted by atomic mass is 28.4. The lowest BCUT2D eigenvalue weighted by Crippen LogP contribution is -2.42. The van der Waals surface area contributed by atoms with E-state index in [1.807, 2.05) is 0 Å². The van der Waals surface area contributed by atoms with Crippen molar-refractivity contribution >= 4 is 8.56 Å². The highest BCUT2D eigenvalue weighted by Crippen LogP contribution is 2.21. The van der Waals surface area contributed by atoms with Crippen LogP contribution in [0.25, 0.3) is 0 Å². The molecule has 0 aliphatic heterocycles. The Kier molecular flexibility index (Phi) is 22.5. The largest absolute Gasteiger partial charge is 0.394 e. The third-order valence-corrected chi connectivity index (χ3v) is 10.3. The van der Waals surface area contributed by atoms with Gasteiger partial charge in [0.15, 0.2) is 0 Å². The summed E-state index contributed by atoms with van der Waals surface area (Å²) < 4.78 is 12.4. The van der Waals surface area contributed by atoms with Crippen LogP contribution < -0.4 is 0 Å². The van der Waals surface area contributed by atoms with Gasteiger partial charge in [0.1, 0.15) is 0 Å². The van der Waals surface area contributed by atoms with E-state index in [1.165, 1.54) is 104 Å². The molecule has 0 radical (unpaired) electrons. The summed E-state index contributed by atoms with van der Waals surface area (Å²) in [5, 5.41) is 0. The lowest BCUT2D eigenvalue weighted by molar-refractivity contribution is 0.177. The second-order valence-electron chi connectivity index (χ2n) is 9.47. The Morgan fingerprint density at radius 1 is 0.455 bits per heavy atom. The van der Waals surface area contributed by atoms with Gasteiger partial charge in [0.25, 0.3) is 0 Å². The summed E-state index contributed by atoms with van der Waals surface area (Å²) in [5.41, 5.74) is 0. The molecule has 0 fully saturated rings. The second-order valence-corrected chi connectivity index (χ2v) is 13.1. The van der Waals surface area contributed by atoms with Gasteiger partial charge in [-0.1, -0.05) is 34.6 Å². The molecule has 0 aliphatic carbocycles. The summed E-state index contributed by atoms with van der Waals surface area (Å²) in [7, 11) is -2.02. The predicted molar refractivity (Wildman–Crippen MR) is 149 cm³/mol. The maximum Gasteiger partial charge on any atom is 0.337 e. The molecule has 0 spiro atoms. The number of hydrogen-bond acceptors (Lipinski definition) is 5. The summed E-state index contributed by atoms with van der Waals surface area (Å²) in [4.78, 5) is 8.04. The van der Waals surface area contributed by atoms with Crippen molar-refractivity contribution in [1.82, 2.24) is 14.7 Å². The summed E-state index contributed by atoms with van der Waals surface area (Å²) in [6.07, 6.45) is 8.78. The zero-order valence-corrected chi connectivity index (χ0v) is 24.8. The molecule has 0 saturated heterocycles. The number of nitrogens with zero attached hydrogens (tertiary/aromatic N) is 3. The van der Waals surface area contributed by atoms with Gasteiger partial charge in [-0.3, -0.25) is 0 Å². The van der Waals surface area contributed by atoms with Crippen molar-refractivity contribution in [2.45, 2.75) is 106 Å². The third-order valence-electron chi connectivity index (χ3n) is 6.44. The molecule has 0 amide bonds. The van der Waals surface area contributed by atoms with Crippen molar-refractivity contribution in [2.24, 2.45) is 0 Å². The van der Waals surface area contributed by atoms with Gasteiger partial charge in [0.05, 0.1) is 0 Å². The van der Waals surface area contributed by atoms with Crippen molar-refractivity contribution < 1.29 is 8.85 Å². The average Bonchev–Trinajstić information content (AvgIpc) is 2.79. The van der Waals surface area contributed by atoms with E-state index in [1.54, 1.807) is 0 Å². The first kappa shape index (κ1) is 33.0. The van der Waals surface area contributed by atoms with Gasteiger partial charge in [0.2, 0.25) is 0 Å². The van der Waals surface area contributed by atoms with E-state index < -0.39 is 8.56 Å². The minimum Gasteiger partial charge on any atom is -0.394 e. The van der Waals surface area contributed by atoms with E-state index in [0.717, 1.165) is 25.3 Å². The first-order valence-electron chi connectivity index (χ1n) is 14.5. The normalized spacial score (nSPS) is 12.5. The van der Waals surface area contributed by atoms with E-state index in [9.17, 15) is 0 Å². The van der Waals surface area contributed by atoms with Crippen LogP contribution in [0.3, 0.4) is 0 Å². The molecule has 0 aromatic carbocycles. The third kappa shape index (κ3) is 16.3. The molecule has 0 aromatic rings. The van der Waals surface area contributed by atoms with Gasteiger partial charge in [-0.2, -0.15) is 0 Å². The zero-order valence-electron chi connectivity index (χ0n) is 23.8. The Hall–Kier alpha value is 0.0169. The molecule has 0 aliphatic rings. The summed E-state index contributed by atoms with van der Waals surface area (Å²) in [6.45, 7) is 28.3. The predicted octanol–water partition coefficient (Wildman–Crippen LogP) is 6.24. The standard InChI is InChI=1S/C27H61N3O2Si/c1-8-18-28(19-9-2)22-15-24-30(25-16-23-29(20-10-3)21-11-4)26-17-27-33(14-7,31-12-5)32-13-6/h8-27H2,1-7H3. The van der Waals surface area contributed by atoms with Crippen LogP contribution in [0.1, 0.15) is 93.4 Å². The van der Waals surface area contributed by atoms with E-state index in [0.29, 0.717) is 0 Å². The van der Waals surface area contributed by atoms with Gasteiger partial charge in [-0.15, -0.1) is 0 Å². The van der Waals surface area contributed by atoms with Crippen molar-refractivity contribution in [1.29, 1.82) is 0 Å². The van der Waals surface area contributed by atoms with Gasteiger partial charge in [0, 0.05) is 13.2 Å². The van der Waals surface area contributed by atoms with Crippen molar-refractivity contribution in [3.8, 4) is 0 Å². The molecule has 0 aromatic heterocycles. The molecule has 0 bridgehead atoms. The Labute approximate surface area is 209 Å². The van der Waals surface area contributed by atoms with Gasteiger partial charge in [-0.05, 0) is 130 Å². The van der Waals surface area contributed by atoms with Crippen molar-refractivity contribution in [2.75, 3.05) is 72.1 Å². The minimum atomic E-state index is -2.02. The highest BCUT2D eigenvalue weighted by molar-refractivity contribution is 6.67. The maximum atomic E-state index is 6.22. The fraction of sp³-hybridized carbons (Fsp3) is 1.00. The van der Waals surface area contributed by atoms with Crippen LogP contribution in [0.4, 0.5) is 0 Å². The van der Waals surface area contributed by atoms with Crippen LogP contribution in [0.5, 0.6) is 0 Å². The lowest BCUT2D eigenvalue weighted by Gasteiger charge is -2.31.